The molecule has 2 aliphatic rings. The molecule has 30 heavy (non-hydrogen) atoms. The number of allylic oxidation sites excluding steroid dienone is 2. The van der Waals surface area contributed by atoms with Crippen LogP contribution in [-0.2, 0) is 11.2 Å². The maximum atomic E-state index is 12.8. The summed E-state index contributed by atoms with van der Waals surface area (Å²) in [5.74, 6) is 0.172. The summed E-state index contributed by atoms with van der Waals surface area (Å²) in [6.45, 7) is 7.20. The smallest absolute Gasteiger partial charge is 0.247 e. The fraction of sp³-hybridized carbons (Fsp3) is 0.320. The number of carbonyl (C=O) groups is 1. The maximum Gasteiger partial charge on any atom is 0.247 e. The average molecular weight is 420 g/mol. The highest BCUT2D eigenvalue weighted by molar-refractivity contribution is 7.90. The Kier molecular flexibility index (Phi) is 6.30. The lowest BCUT2D eigenvalue weighted by molar-refractivity contribution is -0.125. The quantitative estimate of drug-likeness (QED) is 0.546. The van der Waals surface area contributed by atoms with Gasteiger partial charge < -0.3 is 15.1 Å². The number of benzene rings is 2. The summed E-state index contributed by atoms with van der Waals surface area (Å²) in [4.78, 5) is 18.5. The van der Waals surface area contributed by atoms with E-state index in [0.29, 0.717) is 6.67 Å². The molecule has 5 heteroatoms. The standard InChI is InChI=1S/C25H29N3OS/c1-2-8-23(30)22-12-7-6-9-20(22)13-16-27-17-14-25(15-18-27)24(29)26-19-28(25)21-10-4-3-5-11-21/h2-12,30H,1,13-19H2,(H,26,29)/b23-8-. The highest BCUT2D eigenvalue weighted by Gasteiger charge is 2.50. The van der Waals surface area contributed by atoms with Gasteiger partial charge in [0.05, 0.1) is 6.67 Å². The molecule has 0 aromatic heterocycles. The summed E-state index contributed by atoms with van der Waals surface area (Å²) in [6.07, 6.45) is 6.37. The van der Waals surface area contributed by atoms with Crippen molar-refractivity contribution in [2.75, 3.05) is 31.2 Å². The van der Waals surface area contributed by atoms with Gasteiger partial charge in [-0.05, 0) is 48.6 Å². The van der Waals surface area contributed by atoms with E-state index in [0.717, 1.165) is 49.5 Å². The summed E-state index contributed by atoms with van der Waals surface area (Å²) in [5.41, 5.74) is 3.17. The molecule has 2 saturated heterocycles. The van der Waals surface area contributed by atoms with Gasteiger partial charge in [0.15, 0.2) is 0 Å². The van der Waals surface area contributed by atoms with E-state index in [1.54, 1.807) is 6.08 Å². The van der Waals surface area contributed by atoms with E-state index < -0.39 is 5.54 Å². The molecule has 156 valence electrons. The molecule has 4 nitrogen and oxygen atoms in total. The van der Waals surface area contributed by atoms with Crippen LogP contribution in [0.1, 0.15) is 24.0 Å². The van der Waals surface area contributed by atoms with Gasteiger partial charge in [-0.3, -0.25) is 4.79 Å². The van der Waals surface area contributed by atoms with E-state index in [2.05, 4.69) is 64.7 Å². The fourth-order valence-electron chi connectivity index (χ4n) is 4.65. The summed E-state index contributed by atoms with van der Waals surface area (Å²) in [6, 6.07) is 18.7. The Morgan fingerprint density at radius 1 is 1.10 bits per heavy atom. The molecule has 2 heterocycles. The predicted octanol–water partition coefficient (Wildman–Crippen LogP) is 4.11. The van der Waals surface area contributed by atoms with Crippen molar-refractivity contribution in [2.45, 2.75) is 24.8 Å². The van der Waals surface area contributed by atoms with Crippen molar-refractivity contribution in [1.82, 2.24) is 10.2 Å². The number of hydrogen-bond acceptors (Lipinski definition) is 4. The third-order valence-corrected chi connectivity index (χ3v) is 6.74. The molecule has 2 aromatic carbocycles. The van der Waals surface area contributed by atoms with Crippen molar-refractivity contribution < 1.29 is 4.79 Å². The average Bonchev–Trinajstić information content (AvgIpc) is 3.10. The Morgan fingerprint density at radius 2 is 1.80 bits per heavy atom. The molecular formula is C25H29N3OS. The highest BCUT2D eigenvalue weighted by Crippen LogP contribution is 2.36. The van der Waals surface area contributed by atoms with Crippen LogP contribution in [-0.4, -0.2) is 42.6 Å². The first-order chi connectivity index (χ1) is 14.6. The number of nitrogens with zero attached hydrogens (tertiary/aromatic N) is 2. The molecule has 0 radical (unpaired) electrons. The van der Waals surface area contributed by atoms with Gasteiger partial charge in [-0.25, -0.2) is 0 Å². The summed E-state index contributed by atoms with van der Waals surface area (Å²) in [5, 5.41) is 3.08. The van der Waals surface area contributed by atoms with Crippen molar-refractivity contribution in [1.29, 1.82) is 0 Å². The number of rotatable bonds is 6. The Labute approximate surface area is 184 Å². The lowest BCUT2D eigenvalue weighted by Gasteiger charge is -2.43. The van der Waals surface area contributed by atoms with Crippen LogP contribution in [0.2, 0.25) is 0 Å². The Balaban J connectivity index is 1.41. The Hall–Kier alpha value is -2.50. The van der Waals surface area contributed by atoms with Crippen molar-refractivity contribution in [3.63, 3.8) is 0 Å². The van der Waals surface area contributed by atoms with Crippen LogP contribution in [0, 0.1) is 0 Å². The molecule has 2 fully saturated rings. The van der Waals surface area contributed by atoms with Crippen LogP contribution in [0.3, 0.4) is 0 Å². The van der Waals surface area contributed by atoms with E-state index in [4.69, 9.17) is 0 Å². The number of piperidine rings is 1. The second-order valence-corrected chi connectivity index (χ2v) is 8.48. The first-order valence-corrected chi connectivity index (χ1v) is 11.0. The van der Waals surface area contributed by atoms with Crippen molar-refractivity contribution in [2.24, 2.45) is 0 Å². The SMILES string of the molecule is C=C/C=C(\S)c1ccccc1CCN1CCC2(CC1)C(=O)NCN2c1ccccc1. The number of anilines is 1. The summed E-state index contributed by atoms with van der Waals surface area (Å²) < 4.78 is 0. The maximum absolute atomic E-state index is 12.8. The Morgan fingerprint density at radius 3 is 2.53 bits per heavy atom. The Bertz CT molecular complexity index is 932. The van der Waals surface area contributed by atoms with Gasteiger partial charge in [-0.1, -0.05) is 55.1 Å². The second-order valence-electron chi connectivity index (χ2n) is 8.00. The van der Waals surface area contributed by atoms with Crippen molar-refractivity contribution in [3.05, 3.63) is 84.5 Å². The van der Waals surface area contributed by atoms with E-state index in [9.17, 15) is 4.79 Å². The van der Waals surface area contributed by atoms with E-state index in [-0.39, 0.29) is 5.91 Å². The predicted molar refractivity (Wildman–Crippen MR) is 128 cm³/mol. The summed E-state index contributed by atoms with van der Waals surface area (Å²) in [7, 11) is 0. The molecule has 0 saturated carbocycles. The minimum Gasteiger partial charge on any atom is -0.339 e. The molecule has 2 aliphatic heterocycles. The molecule has 0 unspecified atom stereocenters. The largest absolute Gasteiger partial charge is 0.339 e. The van der Waals surface area contributed by atoms with Crippen LogP contribution in [0.15, 0.2) is 73.3 Å². The lowest BCUT2D eigenvalue weighted by Crippen LogP contribution is -2.56. The van der Waals surface area contributed by atoms with Crippen LogP contribution >= 0.6 is 12.6 Å². The van der Waals surface area contributed by atoms with Crippen LogP contribution in [0.25, 0.3) is 4.91 Å². The molecular weight excluding hydrogens is 390 g/mol. The number of nitrogens with one attached hydrogen (secondary N) is 1. The molecule has 1 spiro atoms. The minimum atomic E-state index is -0.416. The van der Waals surface area contributed by atoms with Gasteiger partial charge in [-0.2, -0.15) is 0 Å². The van der Waals surface area contributed by atoms with E-state index in [1.807, 2.05) is 30.3 Å². The van der Waals surface area contributed by atoms with Crippen LogP contribution in [0.4, 0.5) is 5.69 Å². The third kappa shape index (κ3) is 4.05. The summed E-state index contributed by atoms with van der Waals surface area (Å²) >= 11 is 4.62. The van der Waals surface area contributed by atoms with Crippen LogP contribution in [0.5, 0.6) is 0 Å². The van der Waals surface area contributed by atoms with Gasteiger partial charge in [0, 0.05) is 30.2 Å². The molecule has 1 amide bonds. The number of amides is 1. The van der Waals surface area contributed by atoms with Gasteiger partial charge >= 0.3 is 0 Å². The monoisotopic (exact) mass is 419 g/mol. The number of carbonyl (C=O) groups excluding carboxylic acids is 1. The zero-order valence-electron chi connectivity index (χ0n) is 17.3. The number of likely N-dealkylation sites (tertiary alicyclic amines) is 1. The zero-order valence-corrected chi connectivity index (χ0v) is 18.2. The molecule has 1 N–H and O–H groups in total. The van der Waals surface area contributed by atoms with Gasteiger partial charge in [0.2, 0.25) is 5.91 Å². The first kappa shape index (κ1) is 20.8. The van der Waals surface area contributed by atoms with Gasteiger partial charge in [0.1, 0.15) is 5.54 Å². The normalized spacial score (nSPS) is 19.2. The van der Waals surface area contributed by atoms with E-state index in [1.165, 1.54) is 11.1 Å². The molecule has 0 atom stereocenters. The first-order valence-electron chi connectivity index (χ1n) is 10.6. The fourth-order valence-corrected chi connectivity index (χ4v) is 4.97. The number of para-hydroxylation sites is 1. The molecule has 4 rings (SSSR count). The second kappa shape index (κ2) is 9.11. The van der Waals surface area contributed by atoms with Gasteiger partial charge in [0.25, 0.3) is 0 Å². The molecule has 0 bridgehead atoms. The highest BCUT2D eigenvalue weighted by atomic mass is 32.1. The lowest BCUT2D eigenvalue weighted by atomic mass is 9.85. The van der Waals surface area contributed by atoms with Crippen molar-refractivity contribution in [3.8, 4) is 0 Å². The number of hydrogen-bond donors (Lipinski definition) is 2. The third-order valence-electron chi connectivity index (χ3n) is 6.35. The number of thiol groups is 1. The topological polar surface area (TPSA) is 35.6 Å². The van der Waals surface area contributed by atoms with Crippen molar-refractivity contribution >= 4 is 29.1 Å². The van der Waals surface area contributed by atoms with Crippen LogP contribution < -0.4 is 10.2 Å². The van der Waals surface area contributed by atoms with Gasteiger partial charge in [-0.15, -0.1) is 12.6 Å². The zero-order chi connectivity index (χ0) is 21.0. The molecule has 2 aromatic rings. The minimum absolute atomic E-state index is 0.172. The van der Waals surface area contributed by atoms with E-state index >= 15 is 0 Å². The molecule has 0 aliphatic carbocycles.